The van der Waals surface area contributed by atoms with Gasteiger partial charge in [-0.3, -0.25) is 0 Å². The molecule has 0 unspecified atom stereocenters. The molecule has 0 saturated carbocycles. The summed E-state index contributed by atoms with van der Waals surface area (Å²) in [6.07, 6.45) is 0. The molecule has 1 fully saturated rings. The van der Waals surface area contributed by atoms with Crippen molar-refractivity contribution in [1.29, 1.82) is 0 Å². The second-order valence-corrected chi connectivity index (χ2v) is 7.17. The lowest BCUT2D eigenvalue weighted by Crippen LogP contribution is -2.54. The highest BCUT2D eigenvalue weighted by Gasteiger charge is 2.38. The molecule has 0 aliphatic carbocycles. The molecule has 7 nitrogen and oxygen atoms in total. The number of benzene rings is 1. The van der Waals surface area contributed by atoms with E-state index in [4.69, 9.17) is 9.73 Å². The number of para-hydroxylation sites is 1. The van der Waals surface area contributed by atoms with E-state index >= 15 is 0 Å². The first-order chi connectivity index (χ1) is 13.1. The van der Waals surface area contributed by atoms with E-state index in [0.717, 1.165) is 35.1 Å². The maximum absolute atomic E-state index is 9.59. The SMILES string of the molecule is CCNC(=NCc1ccccc1-n1nc(C)cc1C)NCC1(CO)COC1.I. The van der Waals surface area contributed by atoms with Crippen molar-refractivity contribution in [2.75, 3.05) is 32.9 Å². The number of aliphatic hydroxyl groups is 1. The molecule has 0 spiro atoms. The number of guanidine groups is 1. The number of rotatable bonds is 7. The number of aliphatic hydroxyl groups excluding tert-OH is 1. The van der Waals surface area contributed by atoms with E-state index in [2.05, 4.69) is 40.9 Å². The standard InChI is InChI=1S/C20H29N5O2.HI/c1-4-21-19(23-11-20(12-26)13-27-14-20)22-10-17-7-5-6-8-18(17)25-16(3)9-15(2)24-25;/h5-9,26H,4,10-14H2,1-3H3,(H2,21,22,23);1H. The zero-order valence-corrected chi connectivity index (χ0v) is 19.1. The highest BCUT2D eigenvalue weighted by molar-refractivity contribution is 14.0. The monoisotopic (exact) mass is 499 g/mol. The van der Waals surface area contributed by atoms with Crippen molar-refractivity contribution in [2.24, 2.45) is 10.4 Å². The molecule has 0 radical (unpaired) electrons. The van der Waals surface area contributed by atoms with Gasteiger partial charge < -0.3 is 20.5 Å². The van der Waals surface area contributed by atoms with Gasteiger partial charge in [0.05, 0.1) is 43.2 Å². The van der Waals surface area contributed by atoms with Gasteiger partial charge in [-0.25, -0.2) is 9.67 Å². The van der Waals surface area contributed by atoms with Crippen molar-refractivity contribution in [3.8, 4) is 5.69 Å². The summed E-state index contributed by atoms with van der Waals surface area (Å²) in [7, 11) is 0. The molecule has 8 heteroatoms. The van der Waals surface area contributed by atoms with Crippen LogP contribution in [0.4, 0.5) is 0 Å². The van der Waals surface area contributed by atoms with E-state index in [1.807, 2.05) is 30.7 Å². The lowest BCUT2D eigenvalue weighted by Gasteiger charge is -2.40. The fourth-order valence-electron chi connectivity index (χ4n) is 3.14. The Bertz CT molecular complexity index is 796. The number of halogens is 1. The fraction of sp³-hybridized carbons (Fsp3) is 0.500. The summed E-state index contributed by atoms with van der Waals surface area (Å²) in [6, 6.07) is 10.3. The number of aryl methyl sites for hydroxylation is 2. The molecule has 28 heavy (non-hydrogen) atoms. The molecular formula is C20H30IN5O2. The first-order valence-electron chi connectivity index (χ1n) is 9.39. The van der Waals surface area contributed by atoms with Gasteiger partial charge in [0.2, 0.25) is 0 Å². The summed E-state index contributed by atoms with van der Waals surface area (Å²) in [5.41, 5.74) is 4.05. The number of nitrogens with one attached hydrogen (secondary N) is 2. The highest BCUT2D eigenvalue weighted by atomic mass is 127. The Morgan fingerprint density at radius 3 is 2.61 bits per heavy atom. The van der Waals surface area contributed by atoms with Crippen LogP contribution in [-0.2, 0) is 11.3 Å². The van der Waals surface area contributed by atoms with Crippen LogP contribution >= 0.6 is 24.0 Å². The van der Waals surface area contributed by atoms with Crippen LogP contribution in [0.15, 0.2) is 35.3 Å². The summed E-state index contributed by atoms with van der Waals surface area (Å²) in [6.45, 7) is 9.30. The quantitative estimate of drug-likeness (QED) is 0.309. The highest BCUT2D eigenvalue weighted by Crippen LogP contribution is 2.25. The number of aliphatic imine (C=N–C) groups is 1. The summed E-state index contributed by atoms with van der Waals surface area (Å²) in [5, 5.41) is 20.8. The van der Waals surface area contributed by atoms with Crippen LogP contribution in [0.25, 0.3) is 5.69 Å². The molecule has 2 aromatic rings. The number of nitrogens with zero attached hydrogens (tertiary/aromatic N) is 3. The molecule has 0 atom stereocenters. The second kappa shape index (κ2) is 10.2. The van der Waals surface area contributed by atoms with E-state index in [1.54, 1.807) is 0 Å². The average Bonchev–Trinajstić information content (AvgIpc) is 2.97. The molecule has 0 bridgehead atoms. The average molecular weight is 499 g/mol. The predicted octanol–water partition coefficient (Wildman–Crippen LogP) is 2.17. The smallest absolute Gasteiger partial charge is 0.191 e. The van der Waals surface area contributed by atoms with Crippen LogP contribution in [0.5, 0.6) is 0 Å². The van der Waals surface area contributed by atoms with Gasteiger partial charge in [0.15, 0.2) is 5.96 Å². The minimum atomic E-state index is -0.197. The largest absolute Gasteiger partial charge is 0.396 e. The van der Waals surface area contributed by atoms with E-state index in [1.165, 1.54) is 0 Å². The zero-order valence-electron chi connectivity index (χ0n) is 16.7. The van der Waals surface area contributed by atoms with Crippen LogP contribution in [-0.4, -0.2) is 53.8 Å². The van der Waals surface area contributed by atoms with E-state index < -0.39 is 0 Å². The Morgan fingerprint density at radius 2 is 2.04 bits per heavy atom. The van der Waals surface area contributed by atoms with E-state index in [-0.39, 0.29) is 36.0 Å². The number of aromatic nitrogens is 2. The Morgan fingerprint density at radius 1 is 1.29 bits per heavy atom. The first-order valence-corrected chi connectivity index (χ1v) is 9.39. The van der Waals surface area contributed by atoms with Crippen molar-refractivity contribution in [3.05, 3.63) is 47.3 Å². The number of hydrogen-bond acceptors (Lipinski definition) is 4. The second-order valence-electron chi connectivity index (χ2n) is 7.17. The van der Waals surface area contributed by atoms with Gasteiger partial charge in [-0.05, 0) is 38.5 Å². The maximum atomic E-state index is 9.59. The van der Waals surface area contributed by atoms with Crippen molar-refractivity contribution < 1.29 is 9.84 Å². The third kappa shape index (κ3) is 5.24. The molecular weight excluding hydrogens is 469 g/mol. The Labute approximate surface area is 183 Å². The maximum Gasteiger partial charge on any atom is 0.191 e. The van der Waals surface area contributed by atoms with Crippen LogP contribution in [0.2, 0.25) is 0 Å². The Kier molecular flexibility index (Phi) is 8.26. The molecule has 0 amide bonds. The van der Waals surface area contributed by atoms with Crippen molar-refractivity contribution in [1.82, 2.24) is 20.4 Å². The van der Waals surface area contributed by atoms with Gasteiger partial charge in [-0.15, -0.1) is 24.0 Å². The lowest BCUT2D eigenvalue weighted by atomic mass is 9.87. The van der Waals surface area contributed by atoms with Crippen molar-refractivity contribution in [3.63, 3.8) is 0 Å². The van der Waals surface area contributed by atoms with Crippen LogP contribution in [0.1, 0.15) is 23.9 Å². The van der Waals surface area contributed by atoms with Gasteiger partial charge in [-0.1, -0.05) is 18.2 Å². The topological polar surface area (TPSA) is 83.7 Å². The number of ether oxygens (including phenoxy) is 1. The van der Waals surface area contributed by atoms with Gasteiger partial charge in [0, 0.05) is 18.8 Å². The fourth-order valence-corrected chi connectivity index (χ4v) is 3.14. The minimum absolute atomic E-state index is 0. The molecule has 154 valence electrons. The summed E-state index contributed by atoms with van der Waals surface area (Å²) in [4.78, 5) is 4.73. The minimum Gasteiger partial charge on any atom is -0.396 e. The Hall–Kier alpha value is -1.65. The molecule has 1 aromatic carbocycles. The van der Waals surface area contributed by atoms with E-state index in [0.29, 0.717) is 26.3 Å². The molecule has 3 rings (SSSR count). The summed E-state index contributed by atoms with van der Waals surface area (Å²) >= 11 is 0. The molecule has 1 aromatic heterocycles. The van der Waals surface area contributed by atoms with E-state index in [9.17, 15) is 5.11 Å². The Balaban J connectivity index is 0.00000280. The third-order valence-electron chi connectivity index (χ3n) is 4.76. The van der Waals surface area contributed by atoms with Gasteiger partial charge in [0.25, 0.3) is 0 Å². The lowest BCUT2D eigenvalue weighted by molar-refractivity contribution is -0.132. The van der Waals surface area contributed by atoms with Gasteiger partial charge in [0.1, 0.15) is 0 Å². The summed E-state index contributed by atoms with van der Waals surface area (Å²) < 4.78 is 7.22. The molecule has 3 N–H and O–H groups in total. The molecule has 1 aliphatic heterocycles. The number of hydrogen-bond donors (Lipinski definition) is 3. The molecule has 1 aliphatic rings. The molecule has 1 saturated heterocycles. The van der Waals surface area contributed by atoms with Crippen molar-refractivity contribution in [2.45, 2.75) is 27.3 Å². The summed E-state index contributed by atoms with van der Waals surface area (Å²) in [5.74, 6) is 0.736. The normalized spacial score (nSPS) is 15.5. The van der Waals surface area contributed by atoms with Crippen LogP contribution in [0, 0.1) is 19.3 Å². The predicted molar refractivity (Wildman–Crippen MR) is 122 cm³/mol. The van der Waals surface area contributed by atoms with Gasteiger partial charge >= 0.3 is 0 Å². The van der Waals surface area contributed by atoms with Crippen LogP contribution < -0.4 is 10.6 Å². The van der Waals surface area contributed by atoms with Crippen molar-refractivity contribution >= 4 is 29.9 Å². The zero-order chi connectivity index (χ0) is 19.3. The molecule has 2 heterocycles. The first kappa shape index (κ1) is 22.6. The third-order valence-corrected chi connectivity index (χ3v) is 4.76. The van der Waals surface area contributed by atoms with Crippen LogP contribution in [0.3, 0.4) is 0 Å². The van der Waals surface area contributed by atoms with Gasteiger partial charge in [-0.2, -0.15) is 5.10 Å².